The monoisotopic (exact) mass is 304 g/mol. The van der Waals surface area contributed by atoms with Crippen LogP contribution in [0.3, 0.4) is 0 Å². The Morgan fingerprint density at radius 3 is 2.48 bits per heavy atom. The molecule has 2 atom stereocenters. The summed E-state index contributed by atoms with van der Waals surface area (Å²) in [5, 5.41) is 10.3. The molecule has 0 amide bonds. The van der Waals surface area contributed by atoms with E-state index in [2.05, 4.69) is 0 Å². The maximum absolute atomic E-state index is 13.4. The fraction of sp³-hybridized carbons (Fsp3) is 0.625. The molecule has 1 N–H and O–H groups in total. The molecule has 2 rings (SSSR count). The summed E-state index contributed by atoms with van der Waals surface area (Å²) in [7, 11) is 0. The van der Waals surface area contributed by atoms with E-state index in [0.717, 1.165) is 0 Å². The van der Waals surface area contributed by atoms with Crippen LogP contribution in [0.25, 0.3) is 0 Å². The molecular weight excluding hydrogens is 284 g/mol. The molecular formula is C16H20F4O. The Hall–Kier alpha value is -1.10. The van der Waals surface area contributed by atoms with Gasteiger partial charge in [-0.05, 0) is 48.8 Å². The van der Waals surface area contributed by atoms with E-state index >= 15 is 0 Å². The van der Waals surface area contributed by atoms with Gasteiger partial charge in [0.1, 0.15) is 5.82 Å². The van der Waals surface area contributed by atoms with Crippen molar-refractivity contribution < 1.29 is 22.7 Å². The van der Waals surface area contributed by atoms with E-state index in [4.69, 9.17) is 0 Å². The first kappa shape index (κ1) is 16.3. The van der Waals surface area contributed by atoms with Crippen LogP contribution in [-0.2, 0) is 6.42 Å². The lowest BCUT2D eigenvalue weighted by molar-refractivity contribution is -0.302. The molecule has 0 saturated heterocycles. The average molecular weight is 304 g/mol. The van der Waals surface area contributed by atoms with Gasteiger partial charge < -0.3 is 5.11 Å². The van der Waals surface area contributed by atoms with Crippen LogP contribution in [0.2, 0.25) is 0 Å². The summed E-state index contributed by atoms with van der Waals surface area (Å²) in [4.78, 5) is 0. The summed E-state index contributed by atoms with van der Waals surface area (Å²) in [6, 6.07) is 5.57. The molecule has 5 heteroatoms. The topological polar surface area (TPSA) is 20.2 Å². The van der Waals surface area contributed by atoms with Gasteiger partial charge in [0, 0.05) is 5.92 Å². The molecule has 1 aliphatic carbocycles. The van der Waals surface area contributed by atoms with Gasteiger partial charge >= 0.3 is 6.18 Å². The smallest absolute Gasteiger partial charge is 0.380 e. The van der Waals surface area contributed by atoms with Gasteiger partial charge in [0.25, 0.3) is 0 Å². The molecule has 1 nitrogen and oxygen atoms in total. The second kappa shape index (κ2) is 5.27. The molecule has 1 fully saturated rings. The van der Waals surface area contributed by atoms with Crippen LogP contribution in [0, 0.1) is 17.2 Å². The first-order valence-electron chi connectivity index (χ1n) is 7.10. The van der Waals surface area contributed by atoms with Crippen LogP contribution < -0.4 is 0 Å². The zero-order valence-electron chi connectivity index (χ0n) is 12.2. The summed E-state index contributed by atoms with van der Waals surface area (Å²) in [5.41, 5.74) is -2.88. The fourth-order valence-corrected chi connectivity index (χ4v) is 3.49. The van der Waals surface area contributed by atoms with Crippen LogP contribution in [0.5, 0.6) is 0 Å². The third kappa shape index (κ3) is 3.07. The van der Waals surface area contributed by atoms with E-state index < -0.39 is 28.9 Å². The lowest BCUT2D eigenvalue weighted by atomic mass is 9.59. The van der Waals surface area contributed by atoms with Crippen LogP contribution in [-0.4, -0.2) is 16.9 Å². The standard InChI is InChI=1S/C16H20F4O/c1-14(2)7-4-8-15(21,16(18,19)20)13(14)10-11-5-3-6-12(17)9-11/h3,5-6,9,13,21H,4,7-8,10H2,1-2H3. The first-order chi connectivity index (χ1) is 9.56. The Morgan fingerprint density at radius 1 is 1.24 bits per heavy atom. The van der Waals surface area contributed by atoms with Crippen molar-refractivity contribution >= 4 is 0 Å². The molecule has 1 aromatic rings. The summed E-state index contributed by atoms with van der Waals surface area (Å²) in [6.45, 7) is 3.49. The minimum atomic E-state index is -4.68. The predicted octanol–water partition coefficient (Wildman–Crippen LogP) is 4.49. The van der Waals surface area contributed by atoms with Gasteiger partial charge in [-0.15, -0.1) is 0 Å². The Balaban J connectivity index is 2.38. The van der Waals surface area contributed by atoms with Crippen molar-refractivity contribution in [3.05, 3.63) is 35.6 Å². The van der Waals surface area contributed by atoms with E-state index in [-0.39, 0.29) is 12.8 Å². The van der Waals surface area contributed by atoms with Crippen LogP contribution in [0.1, 0.15) is 38.7 Å². The van der Waals surface area contributed by atoms with Crippen molar-refractivity contribution in [2.24, 2.45) is 11.3 Å². The van der Waals surface area contributed by atoms with Gasteiger partial charge in [-0.2, -0.15) is 13.2 Å². The molecule has 1 aliphatic rings. The highest BCUT2D eigenvalue weighted by Crippen LogP contribution is 2.53. The Kier molecular flexibility index (Phi) is 4.08. The normalized spacial score (nSPS) is 29.4. The number of rotatable bonds is 2. The van der Waals surface area contributed by atoms with Gasteiger partial charge in [0.2, 0.25) is 0 Å². The number of hydrogen-bond donors (Lipinski definition) is 1. The molecule has 118 valence electrons. The Bertz CT molecular complexity index is 509. The molecule has 2 unspecified atom stereocenters. The summed E-state index contributed by atoms with van der Waals surface area (Å²) >= 11 is 0. The minimum Gasteiger partial charge on any atom is -0.380 e. The molecule has 0 radical (unpaired) electrons. The zero-order valence-corrected chi connectivity index (χ0v) is 12.2. The van der Waals surface area contributed by atoms with Gasteiger partial charge in [0.15, 0.2) is 5.60 Å². The van der Waals surface area contributed by atoms with Crippen molar-refractivity contribution in [1.29, 1.82) is 0 Å². The average Bonchev–Trinajstić information content (AvgIpc) is 2.32. The highest BCUT2D eigenvalue weighted by molar-refractivity contribution is 5.19. The second-order valence-electron chi connectivity index (χ2n) is 6.65. The van der Waals surface area contributed by atoms with Crippen molar-refractivity contribution in [3.8, 4) is 0 Å². The Morgan fingerprint density at radius 2 is 1.90 bits per heavy atom. The van der Waals surface area contributed by atoms with E-state index in [0.29, 0.717) is 18.4 Å². The maximum atomic E-state index is 13.4. The molecule has 0 aliphatic heterocycles. The second-order valence-corrected chi connectivity index (χ2v) is 6.65. The number of alkyl halides is 3. The molecule has 0 heterocycles. The summed E-state index contributed by atoms with van der Waals surface area (Å²) in [6.07, 6.45) is -4.00. The number of halogens is 4. The lowest BCUT2D eigenvalue weighted by Gasteiger charge is -2.50. The maximum Gasteiger partial charge on any atom is 0.417 e. The predicted molar refractivity (Wildman–Crippen MR) is 72.2 cm³/mol. The van der Waals surface area contributed by atoms with Crippen LogP contribution in [0.4, 0.5) is 17.6 Å². The largest absolute Gasteiger partial charge is 0.417 e. The van der Waals surface area contributed by atoms with Gasteiger partial charge in [0.05, 0.1) is 0 Å². The van der Waals surface area contributed by atoms with Crippen molar-refractivity contribution in [1.82, 2.24) is 0 Å². The molecule has 21 heavy (non-hydrogen) atoms. The van der Waals surface area contributed by atoms with E-state index in [1.54, 1.807) is 19.9 Å². The number of aliphatic hydroxyl groups is 1. The molecule has 0 bridgehead atoms. The molecule has 0 spiro atoms. The van der Waals surface area contributed by atoms with Crippen LogP contribution >= 0.6 is 0 Å². The number of hydrogen-bond acceptors (Lipinski definition) is 1. The summed E-state index contributed by atoms with van der Waals surface area (Å²) < 4.78 is 53.4. The van der Waals surface area contributed by atoms with Crippen molar-refractivity contribution in [2.75, 3.05) is 0 Å². The SMILES string of the molecule is CC1(C)CCCC(O)(C(F)(F)F)C1Cc1cccc(F)c1. The molecule has 1 aromatic carbocycles. The molecule has 0 aromatic heterocycles. The third-order valence-electron chi connectivity index (χ3n) is 4.72. The van der Waals surface area contributed by atoms with E-state index in [9.17, 15) is 22.7 Å². The van der Waals surface area contributed by atoms with E-state index in [1.807, 2.05) is 0 Å². The fourth-order valence-electron chi connectivity index (χ4n) is 3.49. The van der Waals surface area contributed by atoms with Gasteiger partial charge in [-0.25, -0.2) is 4.39 Å². The Labute approximate surface area is 122 Å². The van der Waals surface area contributed by atoms with Crippen molar-refractivity contribution in [2.45, 2.75) is 51.3 Å². The highest BCUT2D eigenvalue weighted by Gasteiger charge is 2.62. The zero-order chi connectivity index (χ0) is 15.9. The quantitative estimate of drug-likeness (QED) is 0.798. The van der Waals surface area contributed by atoms with Crippen LogP contribution in [0.15, 0.2) is 24.3 Å². The van der Waals surface area contributed by atoms with Gasteiger partial charge in [-0.3, -0.25) is 0 Å². The summed E-state index contributed by atoms with van der Waals surface area (Å²) in [5.74, 6) is -1.46. The highest BCUT2D eigenvalue weighted by atomic mass is 19.4. The third-order valence-corrected chi connectivity index (χ3v) is 4.72. The molecule has 1 saturated carbocycles. The first-order valence-corrected chi connectivity index (χ1v) is 7.10. The van der Waals surface area contributed by atoms with Crippen molar-refractivity contribution in [3.63, 3.8) is 0 Å². The number of benzene rings is 1. The lowest BCUT2D eigenvalue weighted by Crippen LogP contribution is -2.58. The minimum absolute atomic E-state index is 0.0147. The van der Waals surface area contributed by atoms with Gasteiger partial charge in [-0.1, -0.05) is 26.0 Å². The van der Waals surface area contributed by atoms with E-state index in [1.165, 1.54) is 18.2 Å².